The van der Waals surface area contributed by atoms with Gasteiger partial charge in [-0.25, -0.2) is 5.48 Å². The van der Waals surface area contributed by atoms with Crippen molar-refractivity contribution in [1.29, 1.82) is 0 Å². The van der Waals surface area contributed by atoms with Crippen LogP contribution in [0.15, 0.2) is 24.3 Å². The third kappa shape index (κ3) is 5.33. The van der Waals surface area contributed by atoms with E-state index in [1.54, 1.807) is 26.1 Å². The minimum absolute atomic E-state index is 0.276. The summed E-state index contributed by atoms with van der Waals surface area (Å²) in [5, 5.41) is 0. The Kier molecular flexibility index (Phi) is 5.45. The molecule has 0 aromatic heterocycles. The predicted molar refractivity (Wildman–Crippen MR) is 62.1 cm³/mol. The second-order valence-corrected chi connectivity index (χ2v) is 3.43. The summed E-state index contributed by atoms with van der Waals surface area (Å²) in [5.41, 5.74) is 3.46. The molecule has 1 atom stereocenters. The molecule has 94 valence electrons. The molecule has 0 amide bonds. The highest BCUT2D eigenvalue weighted by Gasteiger charge is 2.03. The van der Waals surface area contributed by atoms with Crippen molar-refractivity contribution in [3.05, 3.63) is 29.8 Å². The van der Waals surface area contributed by atoms with Crippen molar-refractivity contribution in [3.8, 4) is 5.75 Å². The molecule has 0 heterocycles. The molecule has 1 aromatic rings. The van der Waals surface area contributed by atoms with Crippen molar-refractivity contribution in [2.75, 3.05) is 7.05 Å². The maximum atomic E-state index is 10.6. The molecule has 0 saturated heterocycles. The van der Waals surface area contributed by atoms with Gasteiger partial charge in [0.1, 0.15) is 12.4 Å². The molecule has 1 N–H and O–H groups in total. The SMILES string of the molecule is CNOC(C)Oc1ccc(COC(C)=O)cc1. The number of rotatable bonds is 6. The van der Waals surface area contributed by atoms with Crippen LogP contribution in [0.2, 0.25) is 0 Å². The van der Waals surface area contributed by atoms with E-state index in [9.17, 15) is 4.79 Å². The molecule has 1 rings (SSSR count). The lowest BCUT2D eigenvalue weighted by Crippen LogP contribution is -2.23. The molecule has 0 aliphatic carbocycles. The number of benzene rings is 1. The Bertz CT molecular complexity index is 350. The summed E-state index contributed by atoms with van der Waals surface area (Å²) in [6.45, 7) is 3.44. The van der Waals surface area contributed by atoms with E-state index in [0.717, 1.165) is 5.56 Å². The first-order chi connectivity index (χ1) is 8.11. The summed E-state index contributed by atoms with van der Waals surface area (Å²) in [6, 6.07) is 7.28. The van der Waals surface area contributed by atoms with E-state index in [1.165, 1.54) is 6.92 Å². The van der Waals surface area contributed by atoms with E-state index in [4.69, 9.17) is 14.3 Å². The van der Waals surface area contributed by atoms with Crippen molar-refractivity contribution >= 4 is 5.97 Å². The zero-order chi connectivity index (χ0) is 12.7. The topological polar surface area (TPSA) is 56.8 Å². The van der Waals surface area contributed by atoms with E-state index in [-0.39, 0.29) is 18.9 Å². The van der Waals surface area contributed by atoms with Crippen LogP contribution >= 0.6 is 0 Å². The number of carbonyl (C=O) groups is 1. The second-order valence-electron chi connectivity index (χ2n) is 3.43. The van der Waals surface area contributed by atoms with Crippen LogP contribution in [-0.4, -0.2) is 19.3 Å². The summed E-state index contributed by atoms with van der Waals surface area (Å²) in [5.74, 6) is 0.403. The molecule has 0 spiro atoms. The fourth-order valence-electron chi connectivity index (χ4n) is 1.23. The number of nitrogens with one attached hydrogen (secondary N) is 1. The molecule has 0 fully saturated rings. The van der Waals surface area contributed by atoms with Crippen LogP contribution in [0.5, 0.6) is 5.75 Å². The van der Waals surface area contributed by atoms with Crippen LogP contribution in [0.3, 0.4) is 0 Å². The fourth-order valence-corrected chi connectivity index (χ4v) is 1.23. The number of hydrogen-bond acceptors (Lipinski definition) is 5. The largest absolute Gasteiger partial charge is 0.464 e. The molecule has 5 nitrogen and oxygen atoms in total. The Morgan fingerprint density at radius 2 is 2.00 bits per heavy atom. The summed E-state index contributed by atoms with van der Waals surface area (Å²) >= 11 is 0. The van der Waals surface area contributed by atoms with E-state index in [0.29, 0.717) is 5.75 Å². The normalized spacial score (nSPS) is 11.9. The lowest BCUT2D eigenvalue weighted by molar-refractivity contribution is -0.142. The standard InChI is InChI=1S/C12H17NO4/c1-9(14)15-8-11-4-6-12(7-5-11)16-10(2)17-13-3/h4-7,10,13H,8H2,1-3H3. The minimum atomic E-state index is -0.376. The quantitative estimate of drug-likeness (QED) is 0.464. The van der Waals surface area contributed by atoms with Gasteiger partial charge < -0.3 is 9.47 Å². The monoisotopic (exact) mass is 239 g/mol. The number of esters is 1. The molecule has 17 heavy (non-hydrogen) atoms. The Labute approximate surface area is 101 Å². The van der Waals surface area contributed by atoms with Gasteiger partial charge in [-0.05, 0) is 24.6 Å². The molecule has 0 bridgehead atoms. The molecule has 0 radical (unpaired) electrons. The summed E-state index contributed by atoms with van der Waals surface area (Å²) in [4.78, 5) is 15.6. The molecule has 0 aliphatic heterocycles. The van der Waals surface area contributed by atoms with Gasteiger partial charge in [0.2, 0.25) is 6.29 Å². The first-order valence-electron chi connectivity index (χ1n) is 5.33. The van der Waals surface area contributed by atoms with Crippen molar-refractivity contribution in [2.24, 2.45) is 0 Å². The van der Waals surface area contributed by atoms with Crippen molar-refractivity contribution in [3.63, 3.8) is 0 Å². The first-order valence-corrected chi connectivity index (χ1v) is 5.33. The molecule has 0 aliphatic rings. The average Bonchev–Trinajstić information content (AvgIpc) is 2.28. The van der Waals surface area contributed by atoms with Crippen LogP contribution < -0.4 is 10.2 Å². The number of hydrogen-bond donors (Lipinski definition) is 1. The van der Waals surface area contributed by atoms with Gasteiger partial charge in [-0.1, -0.05) is 12.1 Å². The van der Waals surface area contributed by atoms with E-state index in [2.05, 4.69) is 5.48 Å². The van der Waals surface area contributed by atoms with Crippen molar-refractivity contribution < 1.29 is 19.1 Å². The van der Waals surface area contributed by atoms with Gasteiger partial charge >= 0.3 is 5.97 Å². The molecule has 5 heteroatoms. The van der Waals surface area contributed by atoms with E-state index in [1.807, 2.05) is 12.1 Å². The third-order valence-electron chi connectivity index (χ3n) is 1.95. The fraction of sp³-hybridized carbons (Fsp3) is 0.417. The molecular formula is C12H17NO4. The molecular weight excluding hydrogens is 222 g/mol. The van der Waals surface area contributed by atoms with Gasteiger partial charge in [0, 0.05) is 14.0 Å². The van der Waals surface area contributed by atoms with Crippen LogP contribution in [0.1, 0.15) is 19.4 Å². The van der Waals surface area contributed by atoms with Crippen LogP contribution in [0.25, 0.3) is 0 Å². The van der Waals surface area contributed by atoms with Crippen molar-refractivity contribution in [1.82, 2.24) is 5.48 Å². The molecule has 1 aromatic carbocycles. The summed E-state index contributed by atoms with van der Waals surface area (Å²) < 4.78 is 10.3. The Morgan fingerprint density at radius 3 is 2.53 bits per heavy atom. The number of hydroxylamine groups is 1. The third-order valence-corrected chi connectivity index (χ3v) is 1.95. The number of carbonyl (C=O) groups excluding carboxylic acids is 1. The van der Waals surface area contributed by atoms with Gasteiger partial charge in [0.05, 0.1) is 0 Å². The van der Waals surface area contributed by atoms with E-state index < -0.39 is 0 Å². The Morgan fingerprint density at radius 1 is 1.35 bits per heavy atom. The Balaban J connectivity index is 2.47. The minimum Gasteiger partial charge on any atom is -0.464 e. The zero-order valence-electron chi connectivity index (χ0n) is 10.2. The lowest BCUT2D eigenvalue weighted by atomic mass is 10.2. The van der Waals surface area contributed by atoms with Gasteiger partial charge in [0.25, 0.3) is 0 Å². The second kappa shape index (κ2) is 6.88. The highest BCUT2D eigenvalue weighted by Crippen LogP contribution is 2.14. The maximum Gasteiger partial charge on any atom is 0.302 e. The highest BCUT2D eigenvalue weighted by molar-refractivity contribution is 5.65. The van der Waals surface area contributed by atoms with Gasteiger partial charge in [0.15, 0.2) is 0 Å². The van der Waals surface area contributed by atoms with Gasteiger partial charge in [-0.15, -0.1) is 0 Å². The Hall–Kier alpha value is -1.59. The molecule has 1 unspecified atom stereocenters. The van der Waals surface area contributed by atoms with Crippen LogP contribution in [-0.2, 0) is 21.0 Å². The van der Waals surface area contributed by atoms with Crippen LogP contribution in [0.4, 0.5) is 0 Å². The van der Waals surface area contributed by atoms with Crippen molar-refractivity contribution in [2.45, 2.75) is 26.7 Å². The smallest absolute Gasteiger partial charge is 0.302 e. The lowest BCUT2D eigenvalue weighted by Gasteiger charge is -2.14. The summed E-state index contributed by atoms with van der Waals surface area (Å²) in [7, 11) is 1.67. The average molecular weight is 239 g/mol. The van der Waals surface area contributed by atoms with Gasteiger partial charge in [-0.3, -0.25) is 9.63 Å². The van der Waals surface area contributed by atoms with Gasteiger partial charge in [-0.2, -0.15) is 0 Å². The molecule has 0 saturated carbocycles. The predicted octanol–water partition coefficient (Wildman–Crippen LogP) is 1.63. The highest BCUT2D eigenvalue weighted by atomic mass is 16.8. The number of ether oxygens (including phenoxy) is 2. The zero-order valence-corrected chi connectivity index (χ0v) is 10.2. The summed E-state index contributed by atoms with van der Waals surface area (Å²) in [6.07, 6.45) is -0.376. The maximum absolute atomic E-state index is 10.6. The van der Waals surface area contributed by atoms with Crippen LogP contribution in [0, 0.1) is 0 Å². The first kappa shape index (κ1) is 13.5. The van der Waals surface area contributed by atoms with E-state index >= 15 is 0 Å².